The van der Waals surface area contributed by atoms with E-state index >= 15 is 26.3 Å². The van der Waals surface area contributed by atoms with Crippen molar-refractivity contribution in [1.29, 1.82) is 0 Å². The molecule has 98 heavy (non-hydrogen) atoms. The Hall–Kier alpha value is -12.5. The van der Waals surface area contributed by atoms with E-state index in [4.69, 9.17) is 0 Å². The first kappa shape index (κ1) is 55.9. The fourth-order valence-electron chi connectivity index (χ4n) is 16.1. The third kappa shape index (κ3) is 8.05. The van der Waals surface area contributed by atoms with Crippen LogP contribution >= 0.6 is 0 Å². The predicted molar refractivity (Wildman–Crippen MR) is 388 cm³/mol. The van der Waals surface area contributed by atoms with Crippen molar-refractivity contribution in [2.75, 3.05) is 0 Å². The molecule has 0 fully saturated rings. The van der Waals surface area contributed by atoms with Gasteiger partial charge in [0.1, 0.15) is 0 Å². The molecule has 12 heteroatoms. The molecule has 14 aromatic carbocycles. The molecule has 0 aliphatic heterocycles. The van der Waals surface area contributed by atoms with Crippen LogP contribution in [0.5, 0.6) is 0 Å². The first-order valence-corrected chi connectivity index (χ1v) is 32.5. The number of halogens is 6. The summed E-state index contributed by atoms with van der Waals surface area (Å²) in [7, 11) is 0. The molecular weight excluding hydrogens is 1230 g/mol. The summed E-state index contributed by atoms with van der Waals surface area (Å²) >= 11 is 0. The topological polar surface area (TPSA) is 29.6 Å². The molecule has 0 radical (unpaired) electrons. The van der Waals surface area contributed by atoms with E-state index in [2.05, 4.69) is 140 Å². The summed E-state index contributed by atoms with van der Waals surface area (Å²) in [5.74, 6) is 0. The highest BCUT2D eigenvalue weighted by Gasteiger charge is 2.38. The van der Waals surface area contributed by atoms with Crippen LogP contribution in [0.3, 0.4) is 0 Å². The molecule has 6 nitrogen and oxygen atoms in total. The summed E-state index contributed by atoms with van der Waals surface area (Å²) in [6, 6.07) is 96.9. The van der Waals surface area contributed by atoms with E-state index in [1.165, 1.54) is 24.3 Å². The highest BCUT2D eigenvalue weighted by atomic mass is 19.4. The van der Waals surface area contributed by atoms with Gasteiger partial charge in [-0.05, 0) is 157 Å². The van der Waals surface area contributed by atoms with E-state index in [1.807, 2.05) is 146 Å². The van der Waals surface area contributed by atoms with Gasteiger partial charge in [0.25, 0.3) is 0 Å². The van der Waals surface area contributed by atoms with Crippen LogP contribution in [0, 0.1) is 0 Å². The number of hydrogen-bond donors (Lipinski definition) is 0. The van der Waals surface area contributed by atoms with Crippen LogP contribution in [-0.2, 0) is 12.4 Å². The van der Waals surface area contributed by atoms with Crippen molar-refractivity contribution in [3.63, 3.8) is 0 Å². The van der Waals surface area contributed by atoms with E-state index in [1.54, 1.807) is 9.13 Å². The van der Waals surface area contributed by atoms with Crippen LogP contribution in [0.1, 0.15) is 11.1 Å². The lowest BCUT2D eigenvalue weighted by Crippen LogP contribution is -2.12. The summed E-state index contributed by atoms with van der Waals surface area (Å²) in [5.41, 5.74) is 11.4. The number of nitrogens with zero attached hydrogens (tertiary/aromatic N) is 6. The first-order valence-electron chi connectivity index (χ1n) is 32.5. The number of alkyl halides is 6. The van der Waals surface area contributed by atoms with Crippen molar-refractivity contribution in [2.45, 2.75) is 12.4 Å². The molecule has 0 bridgehead atoms. The zero-order valence-electron chi connectivity index (χ0n) is 51.8. The fourth-order valence-corrected chi connectivity index (χ4v) is 16.1. The molecule has 0 saturated heterocycles. The van der Waals surface area contributed by atoms with Crippen LogP contribution in [0.15, 0.2) is 303 Å². The Bertz CT molecular complexity index is 5840. The summed E-state index contributed by atoms with van der Waals surface area (Å²) in [6.45, 7) is 0. The molecule has 0 saturated carbocycles. The Morgan fingerprint density at radius 2 is 0.367 bits per heavy atom. The van der Waals surface area contributed by atoms with Crippen molar-refractivity contribution < 1.29 is 26.3 Å². The average molecular weight is 1280 g/mol. The maximum Gasteiger partial charge on any atom is 0.418 e. The van der Waals surface area contributed by atoms with Gasteiger partial charge in [0, 0.05) is 87.4 Å². The third-order valence-corrected chi connectivity index (χ3v) is 20.2. The van der Waals surface area contributed by atoms with Crippen LogP contribution in [0.4, 0.5) is 26.3 Å². The van der Waals surface area contributed by atoms with Crippen molar-refractivity contribution in [2.24, 2.45) is 0 Å². The zero-order chi connectivity index (χ0) is 65.4. The van der Waals surface area contributed by atoms with E-state index in [0.717, 1.165) is 122 Å². The molecule has 0 atom stereocenters. The smallest absolute Gasteiger partial charge is 0.309 e. The minimum absolute atomic E-state index is 0.183. The lowest BCUT2D eigenvalue weighted by Gasteiger charge is -2.20. The summed E-state index contributed by atoms with van der Waals surface area (Å²) in [5, 5.41) is 11.3. The highest BCUT2D eigenvalue weighted by molar-refractivity contribution is 6.17. The van der Waals surface area contributed by atoms with Gasteiger partial charge in [0.2, 0.25) is 0 Å². The minimum atomic E-state index is -4.87. The summed E-state index contributed by atoms with van der Waals surface area (Å²) in [4.78, 5) is 0. The van der Waals surface area contributed by atoms with Gasteiger partial charge >= 0.3 is 12.4 Å². The Kier molecular flexibility index (Phi) is 11.7. The van der Waals surface area contributed by atoms with Gasteiger partial charge in [0.05, 0.1) is 88.7 Å². The van der Waals surface area contributed by atoms with E-state index in [9.17, 15) is 0 Å². The Morgan fingerprint density at radius 3 is 0.571 bits per heavy atom. The van der Waals surface area contributed by atoms with Gasteiger partial charge in [-0.3, -0.25) is 0 Å². The largest absolute Gasteiger partial charge is 0.418 e. The maximum absolute atomic E-state index is 16.2. The molecule has 0 unspecified atom stereocenters. The Morgan fingerprint density at radius 1 is 0.173 bits per heavy atom. The number of rotatable bonds is 7. The number of fused-ring (bicyclic) bond motifs is 18. The molecule has 466 valence electrons. The second-order valence-electron chi connectivity index (χ2n) is 25.4. The van der Waals surface area contributed by atoms with Crippen LogP contribution in [0.25, 0.3) is 176 Å². The van der Waals surface area contributed by atoms with Gasteiger partial charge in [0.15, 0.2) is 0 Å². The normalized spacial score (nSPS) is 12.6. The van der Waals surface area contributed by atoms with Gasteiger partial charge in [-0.2, -0.15) is 26.3 Å². The predicted octanol–water partition coefficient (Wildman–Crippen LogP) is 24.0. The van der Waals surface area contributed by atoms with Crippen molar-refractivity contribution in [3.05, 3.63) is 314 Å². The Balaban J connectivity index is 0.823. The zero-order valence-corrected chi connectivity index (χ0v) is 51.8. The quantitative estimate of drug-likeness (QED) is 0.142. The summed E-state index contributed by atoms with van der Waals surface area (Å²) in [6.07, 6.45) is -9.74. The second-order valence-corrected chi connectivity index (χ2v) is 25.4. The van der Waals surface area contributed by atoms with Gasteiger partial charge in [-0.25, -0.2) is 0 Å². The lowest BCUT2D eigenvalue weighted by atomic mass is 9.99. The van der Waals surface area contributed by atoms with Crippen LogP contribution < -0.4 is 0 Å². The van der Waals surface area contributed by atoms with E-state index < -0.39 is 23.5 Å². The Labute approximate surface area is 553 Å². The van der Waals surface area contributed by atoms with Gasteiger partial charge < -0.3 is 27.4 Å². The number of hydrogen-bond acceptors (Lipinski definition) is 0. The molecule has 20 aromatic rings. The molecule has 0 spiro atoms. The van der Waals surface area contributed by atoms with E-state index in [0.29, 0.717) is 43.6 Å². The van der Waals surface area contributed by atoms with E-state index in [-0.39, 0.29) is 22.5 Å². The average Bonchev–Trinajstić information content (AvgIpc) is 1.57. The molecular formula is C86H50F6N6. The second kappa shape index (κ2) is 20.5. The molecule has 0 aliphatic carbocycles. The highest BCUT2D eigenvalue weighted by Crippen LogP contribution is 2.47. The standard InChI is InChI=1S/C86H50F6N6/c87-85(88,89)69-39-33-51(45-83(69)97-79-41-35-53(93-71-25-9-1-17-57(71)58-18-2-10-26-72(58)93)47-65(79)66-48-54(36-42-80(66)97)94-73-27-11-3-19-59(73)60-20-4-12-28-74(60)94)52-34-40-70(86(90,91)92)84(46-52)98-81-43-37-55(95-75-29-13-5-21-61(75)62-22-6-14-30-76(62)95)49-67(81)68-50-56(38-44-82(68)98)96-77-31-15-7-23-63(77)64-24-8-16-32-78(64)96/h1-50H. The minimum Gasteiger partial charge on any atom is -0.309 e. The number of para-hydroxylation sites is 8. The SMILES string of the molecule is FC(F)(F)c1ccc(-c2ccc(C(F)(F)F)c(-n3c4ccc(-n5c6ccccc6c6ccccc65)cc4c4cc(-n5c6ccccc6c6ccccc65)ccc43)c2)cc1-n1c2ccc(-n3c4ccccc4c4ccccc43)cc2c2cc(-n3c4ccccc4c4ccccc43)ccc21. The van der Waals surface area contributed by atoms with Crippen LogP contribution in [-0.4, -0.2) is 27.4 Å². The maximum atomic E-state index is 16.2. The van der Waals surface area contributed by atoms with Gasteiger partial charge in [-0.1, -0.05) is 158 Å². The fraction of sp³-hybridized carbons (Fsp3) is 0.0233. The molecule has 6 aromatic heterocycles. The molecule has 0 N–H and O–H groups in total. The molecule has 6 heterocycles. The first-order chi connectivity index (χ1) is 47.9. The third-order valence-electron chi connectivity index (χ3n) is 20.2. The number of aromatic nitrogens is 6. The molecule has 0 aliphatic rings. The van der Waals surface area contributed by atoms with Crippen molar-refractivity contribution >= 4 is 131 Å². The van der Waals surface area contributed by atoms with Crippen molar-refractivity contribution in [3.8, 4) is 45.3 Å². The number of benzene rings is 14. The monoisotopic (exact) mass is 1280 g/mol. The lowest BCUT2D eigenvalue weighted by molar-refractivity contribution is -0.138. The van der Waals surface area contributed by atoms with Gasteiger partial charge in [-0.15, -0.1) is 0 Å². The molecule has 20 rings (SSSR count). The van der Waals surface area contributed by atoms with Crippen molar-refractivity contribution in [1.82, 2.24) is 27.4 Å². The summed E-state index contributed by atoms with van der Waals surface area (Å²) < 4.78 is 109. The van der Waals surface area contributed by atoms with Crippen LogP contribution in [0.2, 0.25) is 0 Å². The molecule has 0 amide bonds.